The van der Waals surface area contributed by atoms with Crippen molar-refractivity contribution < 1.29 is 9.15 Å². The van der Waals surface area contributed by atoms with Crippen molar-refractivity contribution in [2.75, 3.05) is 5.73 Å². The average molecular weight is 204 g/mol. The Morgan fingerprint density at radius 1 is 1.40 bits per heavy atom. The van der Waals surface area contributed by atoms with E-state index in [2.05, 4.69) is 4.98 Å². The van der Waals surface area contributed by atoms with E-state index in [4.69, 9.17) is 14.9 Å². The van der Waals surface area contributed by atoms with Gasteiger partial charge in [0.2, 0.25) is 5.89 Å². The summed E-state index contributed by atoms with van der Waals surface area (Å²) in [7, 11) is 0. The van der Waals surface area contributed by atoms with E-state index in [0.29, 0.717) is 23.9 Å². The number of ether oxygens (including phenoxy) is 1. The van der Waals surface area contributed by atoms with Gasteiger partial charge in [-0.3, -0.25) is 0 Å². The summed E-state index contributed by atoms with van der Waals surface area (Å²) in [6, 6.07) is 7.32. The highest BCUT2D eigenvalue weighted by Crippen LogP contribution is 2.20. The van der Waals surface area contributed by atoms with Crippen molar-refractivity contribution in [3.8, 4) is 5.75 Å². The van der Waals surface area contributed by atoms with Gasteiger partial charge in [0, 0.05) is 0 Å². The molecule has 0 saturated heterocycles. The Kier molecular flexibility index (Phi) is 2.58. The van der Waals surface area contributed by atoms with Gasteiger partial charge in [0.1, 0.15) is 11.5 Å². The number of benzene rings is 1. The number of nitrogens with two attached hydrogens (primary N) is 1. The van der Waals surface area contributed by atoms with E-state index in [1.54, 1.807) is 12.3 Å². The van der Waals surface area contributed by atoms with Crippen molar-refractivity contribution in [1.82, 2.24) is 4.98 Å². The molecule has 0 spiro atoms. The SMILES string of the molecule is Cc1cnc(COc2ccccc2N)o1. The first kappa shape index (κ1) is 9.58. The maximum Gasteiger partial charge on any atom is 0.232 e. The summed E-state index contributed by atoms with van der Waals surface area (Å²) < 4.78 is 10.7. The lowest BCUT2D eigenvalue weighted by atomic mass is 10.3. The number of para-hydroxylation sites is 2. The number of nitrogen functional groups attached to an aromatic ring is 1. The van der Waals surface area contributed by atoms with Crippen LogP contribution >= 0.6 is 0 Å². The van der Waals surface area contributed by atoms with Gasteiger partial charge in [0.25, 0.3) is 0 Å². The fraction of sp³-hybridized carbons (Fsp3) is 0.182. The molecule has 2 N–H and O–H groups in total. The molecule has 0 amide bonds. The normalized spacial score (nSPS) is 10.2. The van der Waals surface area contributed by atoms with Crippen LogP contribution in [0.3, 0.4) is 0 Å². The molecule has 0 aliphatic heterocycles. The summed E-state index contributed by atoms with van der Waals surface area (Å²) in [6.45, 7) is 2.13. The number of nitrogens with zero attached hydrogens (tertiary/aromatic N) is 1. The van der Waals surface area contributed by atoms with Gasteiger partial charge in [-0.25, -0.2) is 4.98 Å². The summed E-state index contributed by atoms with van der Waals surface area (Å²) in [6.07, 6.45) is 1.66. The molecule has 0 atom stereocenters. The zero-order valence-electron chi connectivity index (χ0n) is 8.43. The monoisotopic (exact) mass is 204 g/mol. The van der Waals surface area contributed by atoms with Crippen molar-refractivity contribution in [1.29, 1.82) is 0 Å². The minimum Gasteiger partial charge on any atom is -0.482 e. The lowest BCUT2D eigenvalue weighted by Gasteiger charge is -2.05. The second-order valence-corrected chi connectivity index (χ2v) is 3.19. The van der Waals surface area contributed by atoms with Crippen LogP contribution < -0.4 is 10.5 Å². The second-order valence-electron chi connectivity index (χ2n) is 3.19. The van der Waals surface area contributed by atoms with Gasteiger partial charge in [0.15, 0.2) is 6.61 Å². The number of anilines is 1. The molecule has 2 rings (SSSR count). The molecule has 0 bridgehead atoms. The largest absolute Gasteiger partial charge is 0.482 e. The van der Waals surface area contributed by atoms with Crippen molar-refractivity contribution in [2.24, 2.45) is 0 Å². The van der Waals surface area contributed by atoms with Crippen LogP contribution in [0.4, 0.5) is 5.69 Å². The quantitative estimate of drug-likeness (QED) is 0.778. The first-order valence-corrected chi connectivity index (χ1v) is 4.64. The Morgan fingerprint density at radius 2 is 2.20 bits per heavy atom. The Labute approximate surface area is 87.7 Å². The van der Waals surface area contributed by atoms with Crippen LogP contribution in [0, 0.1) is 6.92 Å². The number of oxazole rings is 1. The van der Waals surface area contributed by atoms with E-state index in [0.717, 1.165) is 5.76 Å². The minimum atomic E-state index is 0.294. The standard InChI is InChI=1S/C11H12N2O2/c1-8-6-13-11(15-8)7-14-10-5-3-2-4-9(10)12/h2-6H,7,12H2,1H3. The highest BCUT2D eigenvalue weighted by molar-refractivity contribution is 5.51. The smallest absolute Gasteiger partial charge is 0.232 e. The molecule has 0 aliphatic carbocycles. The highest BCUT2D eigenvalue weighted by atomic mass is 16.5. The van der Waals surface area contributed by atoms with Crippen LogP contribution in [0.1, 0.15) is 11.7 Å². The second kappa shape index (κ2) is 4.04. The van der Waals surface area contributed by atoms with Crippen LogP contribution in [0.5, 0.6) is 5.75 Å². The lowest BCUT2D eigenvalue weighted by molar-refractivity contribution is 0.262. The number of rotatable bonds is 3. The van der Waals surface area contributed by atoms with Crippen LogP contribution in [0.2, 0.25) is 0 Å². The first-order valence-electron chi connectivity index (χ1n) is 4.64. The molecule has 0 aliphatic rings. The lowest BCUT2D eigenvalue weighted by Crippen LogP contribution is -1.98. The van der Waals surface area contributed by atoms with Crippen LogP contribution in [-0.4, -0.2) is 4.98 Å². The van der Waals surface area contributed by atoms with Gasteiger partial charge in [-0.1, -0.05) is 12.1 Å². The van der Waals surface area contributed by atoms with Crippen LogP contribution in [-0.2, 0) is 6.61 Å². The molecule has 1 aromatic heterocycles. The van der Waals surface area contributed by atoms with Gasteiger partial charge < -0.3 is 14.9 Å². The van der Waals surface area contributed by atoms with Gasteiger partial charge >= 0.3 is 0 Å². The Bertz CT molecular complexity index is 451. The van der Waals surface area contributed by atoms with Crippen molar-refractivity contribution in [2.45, 2.75) is 13.5 Å². The minimum absolute atomic E-state index is 0.294. The van der Waals surface area contributed by atoms with Crippen molar-refractivity contribution >= 4 is 5.69 Å². The van der Waals surface area contributed by atoms with Gasteiger partial charge in [0.05, 0.1) is 11.9 Å². The van der Waals surface area contributed by atoms with E-state index in [9.17, 15) is 0 Å². The van der Waals surface area contributed by atoms with Crippen LogP contribution in [0.25, 0.3) is 0 Å². The number of aromatic nitrogens is 1. The topological polar surface area (TPSA) is 61.3 Å². The molecule has 1 heterocycles. The molecule has 1 aromatic carbocycles. The molecule has 2 aromatic rings. The summed E-state index contributed by atoms with van der Waals surface area (Å²) in [5.74, 6) is 1.97. The molecule has 0 fully saturated rings. The molecule has 0 saturated carbocycles. The molecule has 4 heteroatoms. The Hall–Kier alpha value is -1.97. The predicted octanol–water partition coefficient (Wildman–Crippen LogP) is 2.14. The van der Waals surface area contributed by atoms with E-state index in [-0.39, 0.29) is 0 Å². The van der Waals surface area contributed by atoms with E-state index in [1.165, 1.54) is 0 Å². The summed E-state index contributed by atoms with van der Waals surface area (Å²) in [4.78, 5) is 4.03. The molecular weight excluding hydrogens is 192 g/mol. The molecule has 15 heavy (non-hydrogen) atoms. The summed E-state index contributed by atoms with van der Waals surface area (Å²) in [5.41, 5.74) is 6.33. The molecule has 0 unspecified atom stereocenters. The predicted molar refractivity (Wildman–Crippen MR) is 56.4 cm³/mol. The summed E-state index contributed by atoms with van der Waals surface area (Å²) in [5, 5.41) is 0. The maximum absolute atomic E-state index is 5.71. The van der Waals surface area contributed by atoms with Gasteiger partial charge in [-0.2, -0.15) is 0 Å². The maximum atomic E-state index is 5.71. The average Bonchev–Trinajstić information content (AvgIpc) is 2.63. The van der Waals surface area contributed by atoms with Gasteiger partial charge in [-0.15, -0.1) is 0 Å². The fourth-order valence-electron chi connectivity index (χ4n) is 1.22. The Morgan fingerprint density at radius 3 is 2.87 bits per heavy atom. The third-order valence-corrected chi connectivity index (χ3v) is 1.94. The van der Waals surface area contributed by atoms with Crippen molar-refractivity contribution in [3.63, 3.8) is 0 Å². The third-order valence-electron chi connectivity index (χ3n) is 1.94. The molecule has 4 nitrogen and oxygen atoms in total. The van der Waals surface area contributed by atoms with E-state index < -0.39 is 0 Å². The van der Waals surface area contributed by atoms with Crippen molar-refractivity contribution in [3.05, 3.63) is 42.1 Å². The van der Waals surface area contributed by atoms with E-state index >= 15 is 0 Å². The van der Waals surface area contributed by atoms with E-state index in [1.807, 2.05) is 25.1 Å². The molecular formula is C11H12N2O2. The number of hydrogen-bond donors (Lipinski definition) is 1. The molecule has 78 valence electrons. The summed E-state index contributed by atoms with van der Waals surface area (Å²) >= 11 is 0. The highest BCUT2D eigenvalue weighted by Gasteiger charge is 2.03. The Balaban J connectivity index is 2.02. The zero-order chi connectivity index (χ0) is 10.7. The van der Waals surface area contributed by atoms with Gasteiger partial charge in [-0.05, 0) is 19.1 Å². The number of aryl methyl sites for hydroxylation is 1. The fourth-order valence-corrected chi connectivity index (χ4v) is 1.22. The third kappa shape index (κ3) is 2.28. The number of hydrogen-bond acceptors (Lipinski definition) is 4. The molecule has 0 radical (unpaired) electrons. The first-order chi connectivity index (χ1) is 7.25. The zero-order valence-corrected chi connectivity index (χ0v) is 8.43. The van der Waals surface area contributed by atoms with Crippen LogP contribution in [0.15, 0.2) is 34.9 Å².